The summed E-state index contributed by atoms with van der Waals surface area (Å²) < 4.78 is 6.64. The van der Waals surface area contributed by atoms with E-state index in [1.54, 1.807) is 6.20 Å². The summed E-state index contributed by atoms with van der Waals surface area (Å²) in [7, 11) is 0. The molecule has 0 aliphatic rings. The van der Waals surface area contributed by atoms with Crippen LogP contribution in [0.25, 0.3) is 22.7 Å². The third-order valence-electron chi connectivity index (χ3n) is 2.26. The van der Waals surface area contributed by atoms with Crippen LogP contribution in [0.5, 0.6) is 0 Å². The zero-order chi connectivity index (χ0) is 11.0. The lowest BCUT2D eigenvalue weighted by Gasteiger charge is -1.94. The normalized spacial score (nSPS) is 10.8. The zero-order valence-corrected chi connectivity index (χ0v) is 9.81. The Balaban J connectivity index is 2.15. The van der Waals surface area contributed by atoms with Crippen molar-refractivity contribution in [3.63, 3.8) is 0 Å². The van der Waals surface area contributed by atoms with Crippen LogP contribution in [0.2, 0.25) is 0 Å². The predicted molar refractivity (Wildman–Crippen MR) is 64.9 cm³/mol. The van der Waals surface area contributed by atoms with Crippen LogP contribution in [0, 0.1) is 0 Å². The Hall–Kier alpha value is -1.68. The molecule has 0 bridgehead atoms. The van der Waals surface area contributed by atoms with E-state index in [0.717, 1.165) is 10.0 Å². The number of rotatable bonds is 1. The first-order chi connectivity index (χ1) is 7.83. The highest BCUT2D eigenvalue weighted by Crippen LogP contribution is 2.24. The van der Waals surface area contributed by atoms with Gasteiger partial charge in [-0.1, -0.05) is 15.9 Å². The van der Waals surface area contributed by atoms with E-state index < -0.39 is 0 Å². The molecule has 16 heavy (non-hydrogen) atoms. The molecule has 4 heteroatoms. The van der Waals surface area contributed by atoms with Crippen molar-refractivity contribution in [2.75, 3.05) is 0 Å². The Labute approximate surface area is 100 Å². The molecule has 0 saturated carbocycles. The number of oxazole rings is 1. The molecular formula is C12H7BrN2O. The first kappa shape index (κ1) is 9.54. The Morgan fingerprint density at radius 2 is 1.88 bits per heavy atom. The zero-order valence-electron chi connectivity index (χ0n) is 8.22. The molecule has 1 aromatic carbocycles. The summed E-state index contributed by atoms with van der Waals surface area (Å²) in [6.07, 6.45) is 1.70. The fourth-order valence-corrected chi connectivity index (χ4v) is 1.75. The van der Waals surface area contributed by atoms with E-state index >= 15 is 0 Å². The maximum absolute atomic E-state index is 5.61. The monoisotopic (exact) mass is 274 g/mol. The van der Waals surface area contributed by atoms with Gasteiger partial charge in [-0.25, -0.2) is 4.98 Å². The summed E-state index contributed by atoms with van der Waals surface area (Å²) in [5, 5.41) is 0. The van der Waals surface area contributed by atoms with Crippen LogP contribution >= 0.6 is 15.9 Å². The van der Waals surface area contributed by atoms with Crippen molar-refractivity contribution in [1.29, 1.82) is 0 Å². The highest BCUT2D eigenvalue weighted by molar-refractivity contribution is 9.10. The van der Waals surface area contributed by atoms with Crippen LogP contribution in [0.1, 0.15) is 0 Å². The summed E-state index contributed by atoms with van der Waals surface area (Å²) in [5.74, 6) is 0.598. The lowest BCUT2D eigenvalue weighted by molar-refractivity contribution is 0.619. The maximum Gasteiger partial charge on any atom is 0.228 e. The molecular weight excluding hydrogens is 268 g/mol. The van der Waals surface area contributed by atoms with Crippen LogP contribution in [-0.4, -0.2) is 9.97 Å². The standard InChI is InChI=1S/C12H7BrN2O/c13-9-5-3-8(4-6-9)12-15-11-10(16-12)2-1-7-14-11/h1-7H. The highest BCUT2D eigenvalue weighted by Gasteiger charge is 2.07. The predicted octanol–water partition coefficient (Wildman–Crippen LogP) is 3.65. The van der Waals surface area contributed by atoms with E-state index in [1.807, 2.05) is 36.4 Å². The molecule has 3 aromatic rings. The van der Waals surface area contributed by atoms with Gasteiger partial charge in [0.05, 0.1) is 0 Å². The van der Waals surface area contributed by atoms with Gasteiger partial charge in [-0.05, 0) is 36.4 Å². The van der Waals surface area contributed by atoms with Gasteiger partial charge < -0.3 is 4.42 Å². The number of benzene rings is 1. The quantitative estimate of drug-likeness (QED) is 0.680. The smallest absolute Gasteiger partial charge is 0.228 e. The van der Waals surface area contributed by atoms with E-state index in [4.69, 9.17) is 4.42 Å². The molecule has 0 N–H and O–H groups in total. The van der Waals surface area contributed by atoms with E-state index in [-0.39, 0.29) is 0 Å². The second-order valence-corrected chi connectivity index (χ2v) is 4.27. The molecule has 3 rings (SSSR count). The van der Waals surface area contributed by atoms with Crippen LogP contribution in [0.3, 0.4) is 0 Å². The molecule has 0 amide bonds. The Bertz CT molecular complexity index is 598. The van der Waals surface area contributed by atoms with Crippen molar-refractivity contribution >= 4 is 27.2 Å². The number of pyridine rings is 1. The van der Waals surface area contributed by atoms with Gasteiger partial charge in [-0.2, -0.15) is 4.98 Å². The third-order valence-corrected chi connectivity index (χ3v) is 2.78. The van der Waals surface area contributed by atoms with Crippen molar-refractivity contribution in [2.24, 2.45) is 0 Å². The average Bonchev–Trinajstić information content (AvgIpc) is 2.73. The molecule has 3 nitrogen and oxygen atoms in total. The van der Waals surface area contributed by atoms with E-state index in [0.29, 0.717) is 17.1 Å². The summed E-state index contributed by atoms with van der Waals surface area (Å²) in [6.45, 7) is 0. The number of halogens is 1. The Morgan fingerprint density at radius 1 is 1.06 bits per heavy atom. The minimum Gasteiger partial charge on any atom is -0.434 e. The Morgan fingerprint density at radius 3 is 2.62 bits per heavy atom. The number of hydrogen-bond donors (Lipinski definition) is 0. The van der Waals surface area contributed by atoms with Gasteiger partial charge in [0.25, 0.3) is 0 Å². The molecule has 0 aliphatic carbocycles. The fraction of sp³-hybridized carbons (Fsp3) is 0. The molecule has 2 heterocycles. The second kappa shape index (κ2) is 3.72. The molecule has 0 saturated heterocycles. The van der Waals surface area contributed by atoms with Crippen LogP contribution in [0.15, 0.2) is 51.5 Å². The topological polar surface area (TPSA) is 38.9 Å². The second-order valence-electron chi connectivity index (χ2n) is 3.35. The van der Waals surface area contributed by atoms with Gasteiger partial charge in [-0.15, -0.1) is 0 Å². The van der Waals surface area contributed by atoms with Crippen LogP contribution in [-0.2, 0) is 0 Å². The number of fused-ring (bicyclic) bond motifs is 1. The summed E-state index contributed by atoms with van der Waals surface area (Å²) in [4.78, 5) is 8.45. The molecule has 0 radical (unpaired) electrons. The van der Waals surface area contributed by atoms with Gasteiger partial charge in [0.1, 0.15) is 0 Å². The van der Waals surface area contributed by atoms with Crippen LogP contribution in [0.4, 0.5) is 0 Å². The SMILES string of the molecule is Brc1ccc(-c2nc3ncccc3o2)cc1. The minimum atomic E-state index is 0.598. The summed E-state index contributed by atoms with van der Waals surface area (Å²) in [5.41, 5.74) is 2.29. The number of hydrogen-bond acceptors (Lipinski definition) is 3. The first-order valence-corrected chi connectivity index (χ1v) is 5.60. The fourth-order valence-electron chi connectivity index (χ4n) is 1.48. The summed E-state index contributed by atoms with van der Waals surface area (Å²) >= 11 is 3.39. The van der Waals surface area contributed by atoms with Gasteiger partial charge in [0, 0.05) is 16.2 Å². The van der Waals surface area contributed by atoms with Crippen molar-refractivity contribution in [3.8, 4) is 11.5 Å². The average molecular weight is 275 g/mol. The van der Waals surface area contributed by atoms with E-state index in [1.165, 1.54) is 0 Å². The largest absolute Gasteiger partial charge is 0.434 e. The third kappa shape index (κ3) is 1.61. The Kier molecular flexibility index (Phi) is 2.22. The van der Waals surface area contributed by atoms with E-state index in [2.05, 4.69) is 25.9 Å². The van der Waals surface area contributed by atoms with Gasteiger partial charge >= 0.3 is 0 Å². The first-order valence-electron chi connectivity index (χ1n) is 4.80. The molecule has 0 atom stereocenters. The van der Waals surface area contributed by atoms with Crippen molar-refractivity contribution in [2.45, 2.75) is 0 Å². The molecule has 78 valence electrons. The lowest BCUT2D eigenvalue weighted by Crippen LogP contribution is -1.77. The molecule has 2 aromatic heterocycles. The molecule has 0 spiro atoms. The van der Waals surface area contributed by atoms with Gasteiger partial charge in [0.2, 0.25) is 5.89 Å². The minimum absolute atomic E-state index is 0.598. The van der Waals surface area contributed by atoms with E-state index in [9.17, 15) is 0 Å². The lowest BCUT2D eigenvalue weighted by atomic mass is 10.2. The maximum atomic E-state index is 5.61. The molecule has 0 fully saturated rings. The van der Waals surface area contributed by atoms with Crippen LogP contribution < -0.4 is 0 Å². The highest BCUT2D eigenvalue weighted by atomic mass is 79.9. The van der Waals surface area contributed by atoms with Crippen molar-refractivity contribution in [3.05, 3.63) is 47.1 Å². The van der Waals surface area contributed by atoms with Crippen molar-refractivity contribution < 1.29 is 4.42 Å². The number of nitrogens with zero attached hydrogens (tertiary/aromatic N) is 2. The van der Waals surface area contributed by atoms with Gasteiger partial charge in [-0.3, -0.25) is 0 Å². The summed E-state index contributed by atoms with van der Waals surface area (Å²) in [6, 6.07) is 11.5. The van der Waals surface area contributed by atoms with Crippen molar-refractivity contribution in [1.82, 2.24) is 9.97 Å². The number of aromatic nitrogens is 2. The van der Waals surface area contributed by atoms with Gasteiger partial charge in [0.15, 0.2) is 11.2 Å². The molecule has 0 unspecified atom stereocenters. The molecule has 0 aliphatic heterocycles.